The van der Waals surface area contributed by atoms with Crippen LogP contribution in [0.15, 0.2) is 77.4 Å². The van der Waals surface area contributed by atoms with E-state index in [-0.39, 0.29) is 35.6 Å². The molecule has 0 radical (unpaired) electrons. The van der Waals surface area contributed by atoms with E-state index in [0.717, 1.165) is 0 Å². The second-order valence-corrected chi connectivity index (χ2v) is 11.1. The second kappa shape index (κ2) is 11.5. The zero-order valence-electron chi connectivity index (χ0n) is 24.2. The van der Waals surface area contributed by atoms with E-state index in [0.29, 0.717) is 47.7 Å². The van der Waals surface area contributed by atoms with E-state index in [9.17, 15) is 14.9 Å². The summed E-state index contributed by atoms with van der Waals surface area (Å²) >= 11 is 0. The van der Waals surface area contributed by atoms with Crippen molar-refractivity contribution in [2.75, 3.05) is 32.9 Å². The molecule has 216 valence electrons. The van der Waals surface area contributed by atoms with Crippen molar-refractivity contribution in [3.63, 3.8) is 0 Å². The highest BCUT2D eigenvalue weighted by Crippen LogP contribution is 2.29. The number of nitrogen functional groups attached to an aromatic ring is 1. The van der Waals surface area contributed by atoms with Gasteiger partial charge in [0, 0.05) is 18.6 Å². The largest absolute Gasteiger partial charge is 0.457 e. The summed E-state index contributed by atoms with van der Waals surface area (Å²) in [6, 6.07) is 18.3. The molecule has 1 saturated heterocycles. The molecule has 1 aliphatic rings. The standard InChI is InChI=1S/C31H34N8O3/c1-31(2,36(3)4)17-21(18-32)29(40)37-16-8-9-23(19-37)39-28-26(27(33)34-20-35-28)38(30(39)41)22-12-14-25(15-13-22)42-24-10-6-5-7-11-24/h5-7,10-15,17,20,23H,8-9,16,19H2,1-4H3,(H2,33,34,35). The van der Waals surface area contributed by atoms with Gasteiger partial charge in [0.15, 0.2) is 11.5 Å². The van der Waals surface area contributed by atoms with E-state index in [1.807, 2.05) is 63.2 Å². The number of rotatable bonds is 7. The topological polar surface area (TPSA) is 135 Å². The van der Waals surface area contributed by atoms with E-state index in [1.165, 1.54) is 10.9 Å². The summed E-state index contributed by atoms with van der Waals surface area (Å²) in [6.45, 7) is 4.63. The lowest BCUT2D eigenvalue weighted by molar-refractivity contribution is -0.128. The molecule has 1 unspecified atom stereocenters. The maximum atomic E-state index is 14.0. The Labute approximate surface area is 244 Å². The molecule has 0 aliphatic carbocycles. The lowest BCUT2D eigenvalue weighted by Gasteiger charge is -2.34. The smallest absolute Gasteiger partial charge is 0.335 e. The molecule has 4 aromatic rings. The van der Waals surface area contributed by atoms with Crippen LogP contribution < -0.4 is 16.2 Å². The van der Waals surface area contributed by atoms with Crippen molar-refractivity contribution in [3.8, 4) is 23.3 Å². The fraction of sp³-hybridized carbons (Fsp3) is 0.323. The molecular weight excluding hydrogens is 532 g/mol. The minimum atomic E-state index is -0.490. The SMILES string of the molecule is CN(C)C(C)(C)C=C(C#N)C(=O)N1CCCC(n2c(=O)n(-c3ccc(Oc4ccccc4)cc3)c3c(N)ncnc32)C1. The molecule has 1 fully saturated rings. The first-order chi connectivity index (χ1) is 20.1. The van der Waals surface area contributed by atoms with Gasteiger partial charge in [-0.05, 0) is 83.3 Å². The molecule has 2 N–H and O–H groups in total. The van der Waals surface area contributed by atoms with E-state index >= 15 is 0 Å². The summed E-state index contributed by atoms with van der Waals surface area (Å²) in [5.74, 6) is 1.14. The molecule has 2 aromatic heterocycles. The Bertz CT molecular complexity index is 1730. The highest BCUT2D eigenvalue weighted by Gasteiger charge is 2.32. The molecule has 0 spiro atoms. The molecule has 11 heteroatoms. The Kier molecular flexibility index (Phi) is 7.83. The molecule has 3 heterocycles. The molecule has 42 heavy (non-hydrogen) atoms. The fourth-order valence-corrected chi connectivity index (χ4v) is 5.07. The zero-order valence-corrected chi connectivity index (χ0v) is 24.2. The fourth-order valence-electron chi connectivity index (χ4n) is 5.07. The third-order valence-corrected chi connectivity index (χ3v) is 7.80. The number of fused-ring (bicyclic) bond motifs is 1. The number of carbonyl (C=O) groups is 1. The molecule has 0 bridgehead atoms. The quantitative estimate of drug-likeness (QED) is 0.263. The number of hydrogen-bond acceptors (Lipinski definition) is 8. The number of carbonyl (C=O) groups excluding carboxylic acids is 1. The summed E-state index contributed by atoms with van der Waals surface area (Å²) in [7, 11) is 3.79. The highest BCUT2D eigenvalue weighted by atomic mass is 16.5. The Morgan fingerprint density at radius 2 is 1.81 bits per heavy atom. The number of nitrogens with zero attached hydrogens (tertiary/aromatic N) is 7. The van der Waals surface area contributed by atoms with Crippen LogP contribution in [0.4, 0.5) is 5.82 Å². The van der Waals surface area contributed by atoms with Gasteiger partial charge in [0.2, 0.25) is 0 Å². The number of benzene rings is 2. The summed E-state index contributed by atoms with van der Waals surface area (Å²) in [6.07, 6.45) is 4.35. The number of para-hydroxylation sites is 1. The average molecular weight is 567 g/mol. The Hall–Kier alpha value is -4.95. The van der Waals surface area contributed by atoms with Crippen LogP contribution in [-0.2, 0) is 4.79 Å². The lowest BCUT2D eigenvalue weighted by Crippen LogP contribution is -2.44. The summed E-state index contributed by atoms with van der Waals surface area (Å²) in [5.41, 5.74) is 6.91. The van der Waals surface area contributed by atoms with Gasteiger partial charge in [0.1, 0.15) is 35.0 Å². The maximum Gasteiger partial charge on any atom is 0.335 e. The van der Waals surface area contributed by atoms with Gasteiger partial charge in [-0.25, -0.2) is 14.8 Å². The number of aromatic nitrogens is 4. The van der Waals surface area contributed by atoms with Gasteiger partial charge >= 0.3 is 5.69 Å². The first-order valence-corrected chi connectivity index (χ1v) is 13.8. The number of ether oxygens (including phenoxy) is 1. The maximum absolute atomic E-state index is 14.0. The molecule has 5 rings (SSSR count). The van der Waals surface area contributed by atoms with Gasteiger partial charge in [-0.2, -0.15) is 5.26 Å². The Morgan fingerprint density at radius 1 is 1.12 bits per heavy atom. The number of amides is 1. The third-order valence-electron chi connectivity index (χ3n) is 7.80. The number of likely N-dealkylation sites (tertiary alicyclic amines) is 1. The number of piperidine rings is 1. The van der Waals surface area contributed by atoms with Crippen LogP contribution in [0.5, 0.6) is 11.5 Å². The minimum Gasteiger partial charge on any atom is -0.457 e. The van der Waals surface area contributed by atoms with Gasteiger partial charge in [-0.15, -0.1) is 0 Å². The predicted octanol–water partition coefficient (Wildman–Crippen LogP) is 3.91. The van der Waals surface area contributed by atoms with Gasteiger partial charge in [-0.3, -0.25) is 13.9 Å². The molecule has 1 amide bonds. The van der Waals surface area contributed by atoms with Gasteiger partial charge in [0.25, 0.3) is 5.91 Å². The average Bonchev–Trinajstić information content (AvgIpc) is 3.29. The number of hydrogen-bond donors (Lipinski definition) is 1. The summed E-state index contributed by atoms with van der Waals surface area (Å²) in [4.78, 5) is 39.7. The first kappa shape index (κ1) is 28.6. The van der Waals surface area contributed by atoms with E-state index in [4.69, 9.17) is 10.5 Å². The first-order valence-electron chi connectivity index (χ1n) is 13.8. The molecule has 1 atom stereocenters. The van der Waals surface area contributed by atoms with Crippen molar-refractivity contribution in [3.05, 3.63) is 83.1 Å². The van der Waals surface area contributed by atoms with Crippen molar-refractivity contribution in [2.45, 2.75) is 38.3 Å². The zero-order chi connectivity index (χ0) is 30.0. The molecule has 1 aliphatic heterocycles. The lowest BCUT2D eigenvalue weighted by atomic mass is 9.98. The molecule has 2 aromatic carbocycles. The van der Waals surface area contributed by atoms with Crippen LogP contribution in [0.2, 0.25) is 0 Å². The molecule has 0 saturated carbocycles. The van der Waals surface area contributed by atoms with Gasteiger partial charge in [-0.1, -0.05) is 18.2 Å². The molecule has 11 nitrogen and oxygen atoms in total. The van der Waals surface area contributed by atoms with Crippen LogP contribution in [0.1, 0.15) is 32.7 Å². The second-order valence-electron chi connectivity index (χ2n) is 11.1. The van der Waals surface area contributed by atoms with Crippen LogP contribution >= 0.6 is 0 Å². The van der Waals surface area contributed by atoms with Crippen molar-refractivity contribution in [2.24, 2.45) is 0 Å². The van der Waals surface area contributed by atoms with E-state index in [2.05, 4.69) is 16.0 Å². The Balaban J connectivity index is 1.49. The normalized spacial score (nSPS) is 16.0. The van der Waals surface area contributed by atoms with E-state index in [1.54, 1.807) is 39.8 Å². The third kappa shape index (κ3) is 5.49. The van der Waals surface area contributed by atoms with Crippen LogP contribution in [0.25, 0.3) is 16.9 Å². The minimum absolute atomic E-state index is 0.0773. The van der Waals surface area contributed by atoms with Crippen LogP contribution in [0.3, 0.4) is 0 Å². The number of imidazole rings is 1. The monoisotopic (exact) mass is 566 g/mol. The van der Waals surface area contributed by atoms with Crippen molar-refractivity contribution in [1.82, 2.24) is 28.9 Å². The Morgan fingerprint density at radius 3 is 2.48 bits per heavy atom. The number of anilines is 1. The van der Waals surface area contributed by atoms with Crippen LogP contribution in [-0.4, -0.2) is 67.5 Å². The van der Waals surface area contributed by atoms with Crippen molar-refractivity contribution >= 4 is 22.9 Å². The number of likely N-dealkylation sites (N-methyl/N-ethyl adjacent to an activating group) is 1. The van der Waals surface area contributed by atoms with Crippen LogP contribution in [0, 0.1) is 11.3 Å². The van der Waals surface area contributed by atoms with E-state index < -0.39 is 5.54 Å². The summed E-state index contributed by atoms with van der Waals surface area (Å²) < 4.78 is 9.00. The van der Waals surface area contributed by atoms with Crippen molar-refractivity contribution < 1.29 is 9.53 Å². The van der Waals surface area contributed by atoms with Gasteiger partial charge < -0.3 is 20.3 Å². The number of nitrogens with two attached hydrogens (primary N) is 1. The highest BCUT2D eigenvalue weighted by molar-refractivity contribution is 5.97. The van der Waals surface area contributed by atoms with Crippen molar-refractivity contribution in [1.29, 1.82) is 5.26 Å². The van der Waals surface area contributed by atoms with Gasteiger partial charge in [0.05, 0.1) is 11.7 Å². The summed E-state index contributed by atoms with van der Waals surface area (Å²) in [5, 5.41) is 9.82. The predicted molar refractivity (Wildman–Crippen MR) is 160 cm³/mol. The number of nitriles is 1. The molecular formula is C31H34N8O3.